The molecule has 7 heteroatoms. The van der Waals surface area contributed by atoms with E-state index in [1.165, 1.54) is 17.7 Å². The zero-order valence-corrected chi connectivity index (χ0v) is 18.1. The first-order valence-electron chi connectivity index (χ1n) is 11.0. The highest BCUT2D eigenvalue weighted by Gasteiger charge is 2.33. The topological polar surface area (TPSA) is 58.4 Å². The molecule has 1 saturated heterocycles. The van der Waals surface area contributed by atoms with Crippen LogP contribution in [0.5, 0.6) is 0 Å². The number of aromatic nitrogens is 1. The van der Waals surface area contributed by atoms with Gasteiger partial charge in [0, 0.05) is 23.9 Å². The quantitative estimate of drug-likeness (QED) is 0.378. The summed E-state index contributed by atoms with van der Waals surface area (Å²) in [5.74, 6) is -0.804. The summed E-state index contributed by atoms with van der Waals surface area (Å²) in [4.78, 5) is 19.3. The fourth-order valence-corrected chi connectivity index (χ4v) is 4.26. The van der Waals surface area contributed by atoms with E-state index in [1.807, 2.05) is 24.3 Å². The fraction of sp³-hybridized carbons (Fsp3) is 0.231. The van der Waals surface area contributed by atoms with Gasteiger partial charge in [-0.15, -0.1) is 0 Å². The van der Waals surface area contributed by atoms with Crippen molar-refractivity contribution in [3.63, 3.8) is 0 Å². The van der Waals surface area contributed by atoms with Gasteiger partial charge in [0.25, 0.3) is 0 Å². The Morgan fingerprint density at radius 1 is 1.12 bits per heavy atom. The molecule has 0 spiro atoms. The number of hydrogen-bond donors (Lipinski definition) is 1. The smallest absolute Gasteiger partial charge is 0.322 e. The number of fused-ring (bicyclic) bond motifs is 1. The average molecular weight is 447 g/mol. The Hall–Kier alpha value is -3.74. The van der Waals surface area contributed by atoms with Crippen molar-refractivity contribution in [2.75, 3.05) is 11.9 Å². The molecule has 0 aliphatic carbocycles. The van der Waals surface area contributed by atoms with E-state index in [9.17, 15) is 13.6 Å². The van der Waals surface area contributed by atoms with Crippen LogP contribution < -0.4 is 5.32 Å². The zero-order chi connectivity index (χ0) is 22.9. The predicted molar refractivity (Wildman–Crippen MR) is 123 cm³/mol. The van der Waals surface area contributed by atoms with Crippen LogP contribution in [-0.4, -0.2) is 22.5 Å². The second-order valence-corrected chi connectivity index (χ2v) is 8.19. The number of amides is 2. The average Bonchev–Trinajstić information content (AvgIpc) is 3.46. The van der Waals surface area contributed by atoms with E-state index in [2.05, 4.69) is 17.2 Å². The predicted octanol–water partition coefficient (Wildman–Crippen LogP) is 6.70. The Bertz CT molecular complexity index is 1320. The van der Waals surface area contributed by atoms with Crippen LogP contribution in [0.25, 0.3) is 22.2 Å². The Balaban J connectivity index is 1.38. The molecular weight excluding hydrogens is 424 g/mol. The van der Waals surface area contributed by atoms with Gasteiger partial charge in [0.1, 0.15) is 23.2 Å². The first-order valence-corrected chi connectivity index (χ1v) is 11.0. The highest BCUT2D eigenvalue weighted by Crippen LogP contribution is 2.35. The van der Waals surface area contributed by atoms with Gasteiger partial charge in [0.05, 0.1) is 0 Å². The van der Waals surface area contributed by atoms with Gasteiger partial charge in [0.15, 0.2) is 5.58 Å². The van der Waals surface area contributed by atoms with Gasteiger partial charge in [-0.3, -0.25) is 0 Å². The molecule has 0 bridgehead atoms. The van der Waals surface area contributed by atoms with Crippen molar-refractivity contribution in [3.05, 3.63) is 83.8 Å². The van der Waals surface area contributed by atoms with Crippen LogP contribution in [-0.2, 0) is 6.42 Å². The third-order valence-corrected chi connectivity index (χ3v) is 6.06. The molecule has 3 aromatic carbocycles. The molecule has 33 heavy (non-hydrogen) atoms. The molecule has 1 N–H and O–H groups in total. The van der Waals surface area contributed by atoms with Crippen molar-refractivity contribution in [3.8, 4) is 11.1 Å². The van der Waals surface area contributed by atoms with Crippen molar-refractivity contribution in [2.45, 2.75) is 32.2 Å². The van der Waals surface area contributed by atoms with Gasteiger partial charge >= 0.3 is 6.03 Å². The Morgan fingerprint density at radius 2 is 1.94 bits per heavy atom. The largest absolute Gasteiger partial charge is 0.438 e. The van der Waals surface area contributed by atoms with Crippen LogP contribution in [0.3, 0.4) is 0 Å². The van der Waals surface area contributed by atoms with Crippen LogP contribution in [0.1, 0.15) is 37.3 Å². The number of benzene rings is 3. The lowest BCUT2D eigenvalue weighted by Crippen LogP contribution is -2.34. The molecule has 1 aromatic heterocycles. The van der Waals surface area contributed by atoms with Gasteiger partial charge in [-0.05, 0) is 66.8 Å². The van der Waals surface area contributed by atoms with Crippen LogP contribution in [0.2, 0.25) is 0 Å². The lowest BCUT2D eigenvalue weighted by atomic mass is 10.0. The van der Waals surface area contributed by atoms with E-state index in [-0.39, 0.29) is 12.1 Å². The molecule has 0 radical (unpaired) electrons. The summed E-state index contributed by atoms with van der Waals surface area (Å²) in [6, 6.07) is 16.0. The van der Waals surface area contributed by atoms with E-state index in [0.29, 0.717) is 34.7 Å². The minimum Gasteiger partial charge on any atom is -0.438 e. The van der Waals surface area contributed by atoms with E-state index in [1.54, 1.807) is 23.1 Å². The summed E-state index contributed by atoms with van der Waals surface area (Å²) in [6.07, 6.45) is 2.53. The number of anilines is 1. The molecule has 2 heterocycles. The minimum absolute atomic E-state index is 0.196. The maximum Gasteiger partial charge on any atom is 0.322 e. The molecule has 1 aliphatic heterocycles. The maximum absolute atomic E-state index is 14.2. The molecule has 5 nitrogen and oxygen atoms in total. The SMILES string of the molecule is CCc1ccc(NC(=O)N2CCC[C@@H]2c2nc3cc(-c4ccc(F)cc4F)ccc3o2)cc1. The monoisotopic (exact) mass is 447 g/mol. The molecule has 1 fully saturated rings. The third-order valence-electron chi connectivity index (χ3n) is 6.06. The van der Waals surface area contributed by atoms with E-state index in [0.717, 1.165) is 31.0 Å². The number of urea groups is 1. The molecule has 0 unspecified atom stereocenters. The maximum atomic E-state index is 14.2. The summed E-state index contributed by atoms with van der Waals surface area (Å²) in [5.41, 5.74) is 3.94. The van der Waals surface area contributed by atoms with Gasteiger partial charge in [0.2, 0.25) is 5.89 Å². The van der Waals surface area contributed by atoms with Crippen LogP contribution in [0.4, 0.5) is 19.3 Å². The number of aryl methyl sites for hydroxylation is 1. The van der Waals surface area contributed by atoms with Crippen molar-refractivity contribution in [2.24, 2.45) is 0 Å². The summed E-state index contributed by atoms with van der Waals surface area (Å²) in [7, 11) is 0. The Morgan fingerprint density at radius 3 is 2.70 bits per heavy atom. The highest BCUT2D eigenvalue weighted by molar-refractivity contribution is 5.90. The highest BCUT2D eigenvalue weighted by atomic mass is 19.1. The summed E-state index contributed by atoms with van der Waals surface area (Å²) >= 11 is 0. The molecule has 5 rings (SSSR count). The minimum atomic E-state index is -0.635. The second kappa shape index (κ2) is 8.65. The summed E-state index contributed by atoms with van der Waals surface area (Å²) in [5, 5.41) is 2.96. The number of likely N-dealkylation sites (tertiary alicyclic amines) is 1. The number of nitrogens with zero attached hydrogens (tertiary/aromatic N) is 2. The van der Waals surface area contributed by atoms with Crippen molar-refractivity contribution < 1.29 is 18.0 Å². The number of hydrogen-bond acceptors (Lipinski definition) is 3. The molecule has 2 amide bonds. The van der Waals surface area contributed by atoms with Crippen molar-refractivity contribution in [1.29, 1.82) is 0 Å². The standard InChI is InChI=1S/C26H23F2N3O2/c1-2-16-5-9-19(10-6-16)29-26(32)31-13-3-4-23(31)25-30-22-14-17(7-12-24(22)33-25)20-11-8-18(27)15-21(20)28/h5-12,14-15,23H,2-4,13H2,1H3,(H,29,32)/t23-/m1/s1. The van der Waals surface area contributed by atoms with Gasteiger partial charge in [-0.1, -0.05) is 25.1 Å². The molecule has 1 aliphatic rings. The molecule has 168 valence electrons. The molecular formula is C26H23F2N3O2. The van der Waals surface area contributed by atoms with Gasteiger partial charge in [-0.25, -0.2) is 18.6 Å². The first-order chi connectivity index (χ1) is 16.0. The van der Waals surface area contributed by atoms with E-state index < -0.39 is 11.6 Å². The first kappa shape index (κ1) is 21.1. The lowest BCUT2D eigenvalue weighted by Gasteiger charge is -2.22. The Kier molecular flexibility index (Phi) is 5.54. The normalized spacial score (nSPS) is 15.8. The Labute approximate surface area is 190 Å². The number of oxazole rings is 1. The number of halogens is 2. The van der Waals surface area contributed by atoms with Gasteiger partial charge < -0.3 is 14.6 Å². The molecule has 1 atom stereocenters. The van der Waals surface area contributed by atoms with Crippen LogP contribution in [0, 0.1) is 11.6 Å². The molecule has 0 saturated carbocycles. The van der Waals surface area contributed by atoms with Crippen LogP contribution in [0.15, 0.2) is 65.1 Å². The molecule has 4 aromatic rings. The second-order valence-electron chi connectivity index (χ2n) is 8.19. The summed E-state index contributed by atoms with van der Waals surface area (Å²) < 4.78 is 33.4. The summed E-state index contributed by atoms with van der Waals surface area (Å²) in [6.45, 7) is 2.69. The van der Waals surface area contributed by atoms with E-state index in [4.69, 9.17) is 4.42 Å². The fourth-order valence-electron chi connectivity index (χ4n) is 4.26. The number of carbonyl (C=O) groups is 1. The number of nitrogens with one attached hydrogen (secondary N) is 1. The zero-order valence-electron chi connectivity index (χ0n) is 18.1. The van der Waals surface area contributed by atoms with Crippen molar-refractivity contribution in [1.82, 2.24) is 9.88 Å². The van der Waals surface area contributed by atoms with E-state index >= 15 is 0 Å². The van der Waals surface area contributed by atoms with Gasteiger partial charge in [-0.2, -0.15) is 0 Å². The van der Waals surface area contributed by atoms with Crippen LogP contribution >= 0.6 is 0 Å². The number of carbonyl (C=O) groups excluding carboxylic acids is 1. The van der Waals surface area contributed by atoms with Crippen molar-refractivity contribution >= 4 is 22.8 Å². The number of rotatable bonds is 4. The lowest BCUT2D eigenvalue weighted by molar-refractivity contribution is 0.199. The third kappa shape index (κ3) is 4.18.